The van der Waals surface area contributed by atoms with E-state index in [9.17, 15) is 15.0 Å². The highest BCUT2D eigenvalue weighted by molar-refractivity contribution is 5.83. The highest BCUT2D eigenvalue weighted by atomic mass is 16.7. The van der Waals surface area contributed by atoms with Crippen LogP contribution < -0.4 is 10.6 Å². The molecule has 0 aromatic heterocycles. The van der Waals surface area contributed by atoms with Crippen LogP contribution in [0.3, 0.4) is 0 Å². The van der Waals surface area contributed by atoms with Crippen molar-refractivity contribution in [3.63, 3.8) is 0 Å². The Morgan fingerprint density at radius 2 is 1.88 bits per heavy atom. The second-order valence-electron chi connectivity index (χ2n) is 14.1. The van der Waals surface area contributed by atoms with E-state index in [-0.39, 0.29) is 18.6 Å². The molecule has 3 aliphatic carbocycles. The fraction of sp³-hybridized carbons (Fsp3) is 0.629. The van der Waals surface area contributed by atoms with E-state index in [4.69, 9.17) is 4.84 Å². The summed E-state index contributed by atoms with van der Waals surface area (Å²) < 4.78 is 0. The summed E-state index contributed by atoms with van der Waals surface area (Å²) in [5.41, 5.74) is 4.63. The Morgan fingerprint density at radius 1 is 1.14 bits per heavy atom. The number of rotatable bonds is 12. The molecule has 43 heavy (non-hydrogen) atoms. The summed E-state index contributed by atoms with van der Waals surface area (Å²) in [5.74, 6) is 0.984. The van der Waals surface area contributed by atoms with Gasteiger partial charge in [0.25, 0.3) is 0 Å². The molecule has 1 amide bonds. The van der Waals surface area contributed by atoms with Crippen molar-refractivity contribution in [1.82, 2.24) is 15.3 Å². The first-order valence-corrected chi connectivity index (χ1v) is 16.1. The number of anilines is 1. The second-order valence-corrected chi connectivity index (χ2v) is 14.1. The molecule has 1 saturated heterocycles. The van der Waals surface area contributed by atoms with Crippen LogP contribution in [0.1, 0.15) is 52.5 Å². The van der Waals surface area contributed by atoms with E-state index in [1.807, 2.05) is 12.1 Å². The Balaban J connectivity index is 1.28. The van der Waals surface area contributed by atoms with Crippen molar-refractivity contribution in [2.45, 2.75) is 77.8 Å². The Kier molecular flexibility index (Phi) is 9.83. The standard InChI is InChI=1S/C35H52N4O4/c1-22-29-18-27(35(29,3)4)19-30(22)37-34(42)33-32(23(2)41)31(21-40)43-39(33)20-24-9-7-10-26(17-24)25-11-13-28(14-12-25)36-15-8-16-38(5)6/h7,9-14,17,22-23,27,29-33,36,40-41H,8,15-16,18-21H2,1-6H3,(H,37,42)/t22?,23?,27-,29+,30-,31?,32?,33-/m0/s1. The zero-order valence-electron chi connectivity index (χ0n) is 26.8. The maximum atomic E-state index is 13.9. The van der Waals surface area contributed by atoms with Gasteiger partial charge in [0.1, 0.15) is 12.1 Å². The normalized spacial score (nSPS) is 30.6. The minimum absolute atomic E-state index is 0.114. The number of benzene rings is 2. The number of aliphatic hydroxyl groups is 2. The average molecular weight is 593 g/mol. The van der Waals surface area contributed by atoms with Crippen molar-refractivity contribution in [2.24, 2.45) is 29.1 Å². The molecule has 1 heterocycles. The van der Waals surface area contributed by atoms with Gasteiger partial charge in [-0.2, -0.15) is 5.06 Å². The minimum atomic E-state index is -0.810. The summed E-state index contributed by atoms with van der Waals surface area (Å²) in [6.07, 6.45) is 1.86. The van der Waals surface area contributed by atoms with Crippen molar-refractivity contribution >= 4 is 11.6 Å². The largest absolute Gasteiger partial charge is 0.394 e. The molecule has 1 aliphatic heterocycles. The van der Waals surface area contributed by atoms with Crippen LogP contribution in [0.5, 0.6) is 0 Å². The van der Waals surface area contributed by atoms with Gasteiger partial charge in [-0.05, 0) is 105 Å². The maximum Gasteiger partial charge on any atom is 0.240 e. The van der Waals surface area contributed by atoms with Gasteiger partial charge < -0.3 is 25.7 Å². The third-order valence-electron chi connectivity index (χ3n) is 10.7. The summed E-state index contributed by atoms with van der Waals surface area (Å²) in [6, 6.07) is 16.2. The number of amides is 1. The number of carbonyl (C=O) groups excluding carboxylic acids is 1. The number of nitrogens with zero attached hydrogens (tertiary/aromatic N) is 2. The predicted octanol–water partition coefficient (Wildman–Crippen LogP) is 4.38. The van der Waals surface area contributed by atoms with Crippen LogP contribution in [0.15, 0.2) is 48.5 Å². The topological polar surface area (TPSA) is 97.3 Å². The van der Waals surface area contributed by atoms with Crippen LogP contribution >= 0.6 is 0 Å². The highest BCUT2D eigenvalue weighted by Gasteiger charge is 2.57. The van der Waals surface area contributed by atoms with E-state index >= 15 is 0 Å². The third-order valence-corrected chi connectivity index (χ3v) is 10.7. The number of aliphatic hydroxyl groups excluding tert-OH is 2. The lowest BCUT2D eigenvalue weighted by Gasteiger charge is -2.62. The molecule has 8 atom stereocenters. The number of nitrogens with one attached hydrogen (secondary N) is 2. The summed E-state index contributed by atoms with van der Waals surface area (Å²) >= 11 is 0. The minimum Gasteiger partial charge on any atom is -0.394 e. The monoisotopic (exact) mass is 592 g/mol. The summed E-state index contributed by atoms with van der Waals surface area (Å²) in [7, 11) is 4.18. The van der Waals surface area contributed by atoms with Crippen LogP contribution in [0, 0.1) is 29.1 Å². The lowest BCUT2D eigenvalue weighted by Crippen LogP contribution is -2.62. The fourth-order valence-electron chi connectivity index (χ4n) is 7.92. The van der Waals surface area contributed by atoms with Crippen LogP contribution in [-0.2, 0) is 16.2 Å². The Bertz CT molecular complexity index is 1230. The first-order valence-electron chi connectivity index (χ1n) is 16.1. The van der Waals surface area contributed by atoms with Gasteiger partial charge in [-0.1, -0.05) is 51.1 Å². The summed E-state index contributed by atoms with van der Waals surface area (Å²) in [5, 5.41) is 29.4. The molecule has 4 fully saturated rings. The smallest absolute Gasteiger partial charge is 0.240 e. The van der Waals surface area contributed by atoms with Gasteiger partial charge >= 0.3 is 0 Å². The fourth-order valence-corrected chi connectivity index (χ4v) is 7.92. The van der Waals surface area contributed by atoms with Gasteiger partial charge in [-0.15, -0.1) is 0 Å². The molecule has 2 bridgehead atoms. The Labute approximate surface area is 257 Å². The van der Waals surface area contributed by atoms with Crippen LogP contribution in [0.25, 0.3) is 11.1 Å². The Hall–Kier alpha value is -2.49. The van der Waals surface area contributed by atoms with E-state index in [2.05, 4.69) is 86.8 Å². The lowest BCUT2D eigenvalue weighted by molar-refractivity contribution is -0.183. The molecular formula is C35H52N4O4. The number of hydrogen-bond acceptors (Lipinski definition) is 7. The van der Waals surface area contributed by atoms with E-state index in [1.54, 1.807) is 12.0 Å². The van der Waals surface area contributed by atoms with Gasteiger partial charge in [-0.25, -0.2) is 0 Å². The van der Waals surface area contributed by atoms with Crippen molar-refractivity contribution in [3.8, 4) is 11.1 Å². The number of carbonyl (C=O) groups is 1. The lowest BCUT2D eigenvalue weighted by atomic mass is 9.45. The molecule has 4 N–H and O–H groups in total. The molecule has 0 spiro atoms. The third kappa shape index (κ3) is 6.79. The zero-order chi connectivity index (χ0) is 30.9. The molecule has 236 valence electrons. The van der Waals surface area contributed by atoms with Crippen molar-refractivity contribution < 1.29 is 19.8 Å². The van der Waals surface area contributed by atoms with E-state index in [0.29, 0.717) is 29.7 Å². The van der Waals surface area contributed by atoms with Gasteiger partial charge in [0.15, 0.2) is 0 Å². The van der Waals surface area contributed by atoms with Crippen LogP contribution in [-0.4, -0.2) is 84.2 Å². The van der Waals surface area contributed by atoms with Gasteiger partial charge in [0.05, 0.1) is 19.3 Å². The van der Waals surface area contributed by atoms with Crippen molar-refractivity contribution in [2.75, 3.05) is 39.1 Å². The van der Waals surface area contributed by atoms with Gasteiger partial charge in [0, 0.05) is 24.2 Å². The number of hydroxylamine groups is 2. The first-order chi connectivity index (χ1) is 20.5. The predicted molar refractivity (Wildman–Crippen MR) is 171 cm³/mol. The maximum absolute atomic E-state index is 13.9. The van der Waals surface area contributed by atoms with Gasteiger partial charge in [0.2, 0.25) is 5.91 Å². The molecule has 8 heteroatoms. The number of hydrogen-bond donors (Lipinski definition) is 4. The molecule has 6 rings (SSSR count). The van der Waals surface area contributed by atoms with Crippen LogP contribution in [0.2, 0.25) is 0 Å². The van der Waals surface area contributed by atoms with E-state index < -0.39 is 24.2 Å². The summed E-state index contributed by atoms with van der Waals surface area (Å²) in [6.45, 7) is 10.7. The molecule has 8 nitrogen and oxygen atoms in total. The average Bonchev–Trinajstić information content (AvgIpc) is 3.35. The molecule has 2 aromatic carbocycles. The summed E-state index contributed by atoms with van der Waals surface area (Å²) in [4.78, 5) is 22.3. The SMILES string of the molecule is CC(O)C1C(CO)ON(Cc2cccc(-c3ccc(NCCCN(C)C)cc3)c2)[C@@H]1C(=O)N[C@H]1C[C@@H]2C[C@H](C1C)C2(C)C. The first kappa shape index (κ1) is 31.9. The molecule has 0 radical (unpaired) electrons. The van der Waals surface area contributed by atoms with Crippen molar-refractivity contribution in [3.05, 3.63) is 54.1 Å². The van der Waals surface area contributed by atoms with E-state index in [0.717, 1.165) is 48.3 Å². The molecule has 4 aliphatic rings. The quantitative estimate of drug-likeness (QED) is 0.272. The number of fused-ring (bicyclic) bond motifs is 2. The molecule has 4 unspecified atom stereocenters. The Morgan fingerprint density at radius 3 is 2.51 bits per heavy atom. The highest BCUT2D eigenvalue weighted by Crippen LogP contribution is 2.61. The van der Waals surface area contributed by atoms with E-state index in [1.165, 1.54) is 6.42 Å². The van der Waals surface area contributed by atoms with Crippen LogP contribution in [0.4, 0.5) is 5.69 Å². The molecule has 3 saturated carbocycles. The molecule has 2 aromatic rings. The molecular weight excluding hydrogens is 540 g/mol. The second kappa shape index (κ2) is 13.2. The zero-order valence-corrected chi connectivity index (χ0v) is 26.8. The van der Waals surface area contributed by atoms with Gasteiger partial charge in [-0.3, -0.25) is 9.63 Å². The van der Waals surface area contributed by atoms with Crippen molar-refractivity contribution in [1.29, 1.82) is 0 Å².